The highest BCUT2D eigenvalue weighted by Gasteiger charge is 2.40. The third-order valence-corrected chi connectivity index (χ3v) is 5.65. The number of hydrogen-bond acceptors (Lipinski definition) is 3. The van der Waals surface area contributed by atoms with Crippen molar-refractivity contribution in [1.82, 2.24) is 0 Å². The molecule has 2 aliphatic heterocycles. The van der Waals surface area contributed by atoms with Crippen molar-refractivity contribution in [3.05, 3.63) is 65.0 Å². The van der Waals surface area contributed by atoms with Gasteiger partial charge in [-0.05, 0) is 54.5 Å². The Kier molecular flexibility index (Phi) is 4.43. The Morgan fingerprint density at radius 1 is 1.28 bits per heavy atom. The van der Waals surface area contributed by atoms with Crippen LogP contribution in [-0.2, 0) is 4.74 Å². The van der Waals surface area contributed by atoms with Gasteiger partial charge in [0, 0.05) is 23.8 Å². The molecule has 0 radical (unpaired) electrons. The minimum Gasteiger partial charge on any atom is -0.508 e. The fraction of sp³-hybridized carbons (Fsp3) is 0.455. The zero-order valence-electron chi connectivity index (χ0n) is 15.0. The van der Waals surface area contributed by atoms with Crippen molar-refractivity contribution in [1.29, 1.82) is 0 Å². The average molecular weight is 337 g/mol. The van der Waals surface area contributed by atoms with E-state index in [0.717, 1.165) is 25.9 Å². The van der Waals surface area contributed by atoms with Crippen molar-refractivity contribution in [2.24, 2.45) is 5.92 Å². The Morgan fingerprint density at radius 3 is 3.00 bits per heavy atom. The number of rotatable bonds is 2. The van der Waals surface area contributed by atoms with Crippen LogP contribution in [0.2, 0.25) is 0 Å². The largest absolute Gasteiger partial charge is 0.508 e. The average Bonchev–Trinajstić information content (AvgIpc) is 2.85. The summed E-state index contributed by atoms with van der Waals surface area (Å²) in [6, 6.07) is 6.95. The van der Waals surface area contributed by atoms with Crippen molar-refractivity contribution in [2.45, 2.75) is 51.2 Å². The maximum Gasteiger partial charge on any atom is 0.115 e. The van der Waals surface area contributed by atoms with Crippen LogP contribution in [-0.4, -0.2) is 17.8 Å². The fourth-order valence-corrected chi connectivity index (χ4v) is 4.30. The molecule has 1 aromatic rings. The topological polar surface area (TPSA) is 41.5 Å². The molecule has 0 spiro atoms. The number of aliphatic hydroxyl groups is 1. The molecule has 132 valence electrons. The van der Waals surface area contributed by atoms with Crippen LogP contribution in [0.1, 0.15) is 56.3 Å². The first-order valence-corrected chi connectivity index (χ1v) is 9.41. The highest BCUT2D eigenvalue weighted by atomic mass is 16.5. The van der Waals surface area contributed by atoms with Crippen LogP contribution in [0.5, 0.6) is 0 Å². The lowest BCUT2D eigenvalue weighted by Crippen LogP contribution is -2.42. The van der Waals surface area contributed by atoms with E-state index in [1.54, 1.807) is 6.08 Å². The molecule has 0 amide bonds. The normalized spacial score (nSPS) is 28.4. The fourth-order valence-electron chi connectivity index (χ4n) is 4.30. The molecule has 3 heteroatoms. The van der Waals surface area contributed by atoms with E-state index >= 15 is 0 Å². The molecule has 3 atom stereocenters. The van der Waals surface area contributed by atoms with Crippen molar-refractivity contribution < 1.29 is 9.84 Å². The van der Waals surface area contributed by atoms with Crippen LogP contribution in [0.25, 0.3) is 0 Å². The van der Waals surface area contributed by atoms with Gasteiger partial charge in [0.1, 0.15) is 5.76 Å². The van der Waals surface area contributed by atoms with E-state index in [-0.39, 0.29) is 12.1 Å². The third-order valence-electron chi connectivity index (χ3n) is 5.65. The van der Waals surface area contributed by atoms with Crippen LogP contribution >= 0.6 is 0 Å². The second-order valence-corrected chi connectivity index (χ2v) is 7.66. The molecule has 0 saturated carbocycles. The van der Waals surface area contributed by atoms with E-state index in [1.165, 1.54) is 22.4 Å². The van der Waals surface area contributed by atoms with Crippen LogP contribution < -0.4 is 5.32 Å². The van der Waals surface area contributed by atoms with Crippen LogP contribution in [0.15, 0.2) is 53.8 Å². The summed E-state index contributed by atoms with van der Waals surface area (Å²) in [6.45, 7) is 5.30. The van der Waals surface area contributed by atoms with Crippen molar-refractivity contribution in [2.75, 3.05) is 11.9 Å². The summed E-state index contributed by atoms with van der Waals surface area (Å²) in [4.78, 5) is 0. The second-order valence-electron chi connectivity index (χ2n) is 7.66. The number of ether oxygens (including phenoxy) is 1. The molecule has 25 heavy (non-hydrogen) atoms. The first-order chi connectivity index (χ1) is 12.1. The minimum atomic E-state index is 0.146. The lowest BCUT2D eigenvalue weighted by Gasteiger charge is -2.44. The predicted octanol–water partition coefficient (Wildman–Crippen LogP) is 5.40. The molecule has 0 bridgehead atoms. The Bertz CT molecular complexity index is 744. The van der Waals surface area contributed by atoms with Gasteiger partial charge in [0.05, 0.1) is 12.1 Å². The maximum atomic E-state index is 10.1. The number of fused-ring (bicyclic) bond motifs is 3. The molecule has 1 aromatic carbocycles. The van der Waals surface area contributed by atoms with Crippen LogP contribution in [0, 0.1) is 5.92 Å². The molecule has 4 rings (SSSR count). The first-order valence-electron chi connectivity index (χ1n) is 9.41. The number of benzene rings is 1. The number of nitrogens with one attached hydrogen (secondary N) is 1. The summed E-state index contributed by atoms with van der Waals surface area (Å²) in [5, 5.41) is 13.8. The van der Waals surface area contributed by atoms with Gasteiger partial charge >= 0.3 is 0 Å². The molecule has 3 nitrogen and oxygen atoms in total. The highest BCUT2D eigenvalue weighted by molar-refractivity contribution is 5.59. The van der Waals surface area contributed by atoms with Gasteiger partial charge < -0.3 is 15.2 Å². The minimum absolute atomic E-state index is 0.146. The van der Waals surface area contributed by atoms with E-state index in [1.807, 2.05) is 12.2 Å². The van der Waals surface area contributed by atoms with Gasteiger partial charge in [-0.2, -0.15) is 0 Å². The molecule has 1 fully saturated rings. The number of anilines is 1. The standard InChI is InChI=1S/C22H27NO2/c1-14(2)15-9-10-20-19(13-15)22-18(8-5-11-25-22)21(23-20)16-6-3-4-7-17(24)12-16/h3-4,7,9-10,12-14,18,21-24H,5-6,8,11H2,1-2H3/t18?,21-,22?/m0/s1. The first kappa shape index (κ1) is 16.5. The Morgan fingerprint density at radius 2 is 2.16 bits per heavy atom. The lowest BCUT2D eigenvalue weighted by molar-refractivity contribution is -0.0343. The smallest absolute Gasteiger partial charge is 0.115 e. The maximum absolute atomic E-state index is 10.1. The van der Waals surface area contributed by atoms with E-state index in [9.17, 15) is 5.11 Å². The Balaban J connectivity index is 1.74. The highest BCUT2D eigenvalue weighted by Crippen LogP contribution is 2.46. The SMILES string of the molecule is CC(C)c1ccc2c(c1)C1OCCCC1[C@H](C1=CC(O)=CC=CC1)N2. The third kappa shape index (κ3) is 3.13. The zero-order valence-corrected chi connectivity index (χ0v) is 15.0. The summed E-state index contributed by atoms with van der Waals surface area (Å²) in [7, 11) is 0. The predicted molar refractivity (Wildman–Crippen MR) is 102 cm³/mol. The number of hydrogen-bond donors (Lipinski definition) is 2. The number of allylic oxidation sites excluding steroid dienone is 4. The van der Waals surface area contributed by atoms with Crippen molar-refractivity contribution in [3.8, 4) is 0 Å². The van der Waals surface area contributed by atoms with Gasteiger partial charge in [-0.1, -0.05) is 38.1 Å². The van der Waals surface area contributed by atoms with E-state index < -0.39 is 0 Å². The summed E-state index contributed by atoms with van der Waals surface area (Å²) < 4.78 is 6.26. The zero-order chi connectivity index (χ0) is 17.4. The van der Waals surface area contributed by atoms with Gasteiger partial charge in [0.2, 0.25) is 0 Å². The summed E-state index contributed by atoms with van der Waals surface area (Å²) in [5.41, 5.74) is 5.08. The van der Waals surface area contributed by atoms with Crippen LogP contribution in [0.3, 0.4) is 0 Å². The van der Waals surface area contributed by atoms with Crippen LogP contribution in [0.4, 0.5) is 5.69 Å². The summed E-state index contributed by atoms with van der Waals surface area (Å²) in [5.74, 6) is 1.26. The Labute approximate surface area is 150 Å². The second kappa shape index (κ2) is 6.72. The van der Waals surface area contributed by atoms with E-state index in [2.05, 4.69) is 43.4 Å². The molecule has 2 heterocycles. The van der Waals surface area contributed by atoms with Gasteiger partial charge in [-0.15, -0.1) is 0 Å². The van der Waals surface area contributed by atoms with Crippen molar-refractivity contribution in [3.63, 3.8) is 0 Å². The Hall–Kier alpha value is -2.00. The molecular weight excluding hydrogens is 310 g/mol. The molecule has 0 aromatic heterocycles. The summed E-state index contributed by atoms with van der Waals surface area (Å²) in [6.07, 6.45) is 11.0. The lowest BCUT2D eigenvalue weighted by atomic mass is 9.76. The molecular formula is C22H27NO2. The molecule has 2 N–H and O–H groups in total. The molecule has 1 saturated heterocycles. The quantitative estimate of drug-likeness (QED) is 0.759. The number of aliphatic hydroxyl groups excluding tert-OH is 1. The van der Waals surface area contributed by atoms with Gasteiger partial charge in [-0.25, -0.2) is 0 Å². The molecule has 2 unspecified atom stereocenters. The summed E-state index contributed by atoms with van der Waals surface area (Å²) >= 11 is 0. The van der Waals surface area contributed by atoms with Crippen molar-refractivity contribution >= 4 is 5.69 Å². The van der Waals surface area contributed by atoms with Gasteiger partial charge in [0.15, 0.2) is 0 Å². The van der Waals surface area contributed by atoms with Gasteiger partial charge in [-0.3, -0.25) is 0 Å². The molecule has 1 aliphatic carbocycles. The van der Waals surface area contributed by atoms with Gasteiger partial charge in [0.25, 0.3) is 0 Å². The van der Waals surface area contributed by atoms with E-state index in [0.29, 0.717) is 17.6 Å². The monoisotopic (exact) mass is 337 g/mol. The van der Waals surface area contributed by atoms with E-state index in [4.69, 9.17) is 4.74 Å². The molecule has 3 aliphatic rings.